The molecule has 1 aliphatic heterocycles. The number of aromatic nitrogens is 2. The van der Waals surface area contributed by atoms with E-state index in [-0.39, 0.29) is 31.2 Å². The number of rotatable bonds is 9. The minimum Gasteiger partial charge on any atom is -0.444 e. The Hall–Kier alpha value is -4.48. The quantitative estimate of drug-likeness (QED) is 0.336. The van der Waals surface area contributed by atoms with Gasteiger partial charge in [-0.1, -0.05) is 19.1 Å². The largest absolute Gasteiger partial charge is 0.444 e. The molecule has 4 rings (SSSR count). The zero-order valence-corrected chi connectivity index (χ0v) is 24.2. The fraction of sp³-hybridized carbons (Fsp3) is 0.400. The third kappa shape index (κ3) is 7.83. The number of benzene rings is 2. The number of hydrogen-bond acceptors (Lipinski definition) is 6. The van der Waals surface area contributed by atoms with E-state index in [1.54, 1.807) is 45.0 Å². The van der Waals surface area contributed by atoms with Gasteiger partial charge in [0.1, 0.15) is 40.6 Å². The van der Waals surface area contributed by atoms with Crippen LogP contribution in [0.3, 0.4) is 0 Å². The van der Waals surface area contributed by atoms with Crippen molar-refractivity contribution in [3.05, 3.63) is 66.0 Å². The number of fused-ring (bicyclic) bond motifs is 1. The molecule has 0 spiro atoms. The number of ether oxygens (including phenoxy) is 1. The molecule has 3 amide bonds. The van der Waals surface area contributed by atoms with E-state index in [0.29, 0.717) is 41.7 Å². The van der Waals surface area contributed by atoms with Crippen LogP contribution in [0.4, 0.5) is 25.1 Å². The predicted octanol–water partition coefficient (Wildman–Crippen LogP) is 4.72. The van der Waals surface area contributed by atoms with Gasteiger partial charge in [-0.3, -0.25) is 9.59 Å². The number of anilines is 2. The molecule has 1 aliphatic rings. The van der Waals surface area contributed by atoms with Crippen molar-refractivity contribution < 1.29 is 27.9 Å². The van der Waals surface area contributed by atoms with E-state index in [1.807, 2.05) is 11.5 Å². The Kier molecular flexibility index (Phi) is 9.44. The molecule has 0 aliphatic carbocycles. The molecule has 0 fully saturated rings. The summed E-state index contributed by atoms with van der Waals surface area (Å²) in [5.41, 5.74) is 0.802. The highest BCUT2D eigenvalue weighted by Gasteiger charge is 2.33. The molecule has 0 saturated carbocycles. The fourth-order valence-corrected chi connectivity index (χ4v) is 4.55. The predicted molar refractivity (Wildman–Crippen MR) is 154 cm³/mol. The van der Waals surface area contributed by atoms with Gasteiger partial charge in [0.05, 0.1) is 13.0 Å². The van der Waals surface area contributed by atoms with Crippen molar-refractivity contribution in [3.8, 4) is 11.3 Å². The number of carbonyl (C=O) groups excluding carboxylic acids is 3. The first-order valence-corrected chi connectivity index (χ1v) is 13.9. The van der Waals surface area contributed by atoms with Crippen molar-refractivity contribution in [2.45, 2.75) is 65.3 Å². The molecule has 10 nitrogen and oxygen atoms in total. The fourth-order valence-electron chi connectivity index (χ4n) is 4.55. The van der Waals surface area contributed by atoms with E-state index in [0.717, 1.165) is 6.42 Å². The number of nitrogens with zero attached hydrogens (tertiary/aromatic N) is 3. The average Bonchev–Trinajstić information content (AvgIpc) is 3.28. The molecule has 42 heavy (non-hydrogen) atoms. The van der Waals surface area contributed by atoms with Gasteiger partial charge in [-0.05, 0) is 63.6 Å². The summed E-state index contributed by atoms with van der Waals surface area (Å²) >= 11 is 0. The lowest BCUT2D eigenvalue weighted by atomic mass is 10.1. The van der Waals surface area contributed by atoms with Crippen LogP contribution >= 0.6 is 0 Å². The molecule has 3 aromatic rings. The van der Waals surface area contributed by atoms with Gasteiger partial charge in [-0.15, -0.1) is 0 Å². The minimum atomic E-state index is -1.15. The number of nitrogens with one attached hydrogen (secondary N) is 3. The molecular formula is C30H36F2N6O4. The first kappa shape index (κ1) is 30.5. The first-order valence-electron chi connectivity index (χ1n) is 13.9. The van der Waals surface area contributed by atoms with Crippen LogP contribution in [0.25, 0.3) is 11.3 Å². The van der Waals surface area contributed by atoms with E-state index >= 15 is 0 Å². The van der Waals surface area contributed by atoms with E-state index in [2.05, 4.69) is 16.0 Å². The Labute approximate surface area is 243 Å². The molecule has 0 unspecified atom stereocenters. The van der Waals surface area contributed by atoms with Gasteiger partial charge in [0.2, 0.25) is 11.8 Å². The van der Waals surface area contributed by atoms with E-state index < -0.39 is 29.5 Å². The lowest BCUT2D eigenvalue weighted by Crippen LogP contribution is -2.53. The van der Waals surface area contributed by atoms with Crippen molar-refractivity contribution in [2.75, 3.05) is 18.4 Å². The molecule has 3 N–H and O–H groups in total. The molecule has 224 valence electrons. The van der Waals surface area contributed by atoms with Gasteiger partial charge < -0.3 is 30.2 Å². The van der Waals surface area contributed by atoms with Crippen molar-refractivity contribution in [1.29, 1.82) is 0 Å². The SMILES string of the molecule is CCCNC(=O)C[C@H](NC(=O)OC(C)(C)C)C(=O)N1CCn2c(nc(-c3cccc(F)c3)c2Nc2ccc(F)cc2)C1. The second-order valence-electron chi connectivity index (χ2n) is 11.0. The van der Waals surface area contributed by atoms with Crippen molar-refractivity contribution in [2.24, 2.45) is 0 Å². The third-order valence-corrected chi connectivity index (χ3v) is 6.44. The molecule has 2 aromatic carbocycles. The van der Waals surface area contributed by atoms with Crippen molar-refractivity contribution in [3.63, 3.8) is 0 Å². The molecule has 0 radical (unpaired) electrons. The molecule has 0 saturated heterocycles. The minimum absolute atomic E-state index is 0.0787. The normalized spacial score (nSPS) is 13.6. The second kappa shape index (κ2) is 13.0. The Balaban J connectivity index is 1.62. The summed E-state index contributed by atoms with van der Waals surface area (Å²) in [7, 11) is 0. The van der Waals surface area contributed by atoms with Crippen LogP contribution in [-0.2, 0) is 27.4 Å². The molecule has 1 atom stereocenters. The molecule has 1 aromatic heterocycles. The maximum absolute atomic E-state index is 14.2. The molecule has 0 bridgehead atoms. The summed E-state index contributed by atoms with van der Waals surface area (Å²) in [6.45, 7) is 8.13. The Bertz CT molecular complexity index is 1430. The van der Waals surface area contributed by atoms with Crippen molar-refractivity contribution >= 4 is 29.4 Å². The summed E-state index contributed by atoms with van der Waals surface area (Å²) in [4.78, 5) is 45.1. The van der Waals surface area contributed by atoms with Crippen LogP contribution in [0.5, 0.6) is 0 Å². The van der Waals surface area contributed by atoms with Gasteiger partial charge >= 0.3 is 6.09 Å². The molecule has 2 heterocycles. The highest BCUT2D eigenvalue weighted by molar-refractivity contribution is 5.91. The maximum atomic E-state index is 14.2. The number of halogens is 2. The summed E-state index contributed by atoms with van der Waals surface area (Å²) < 4.78 is 34.9. The Morgan fingerprint density at radius 3 is 2.45 bits per heavy atom. The van der Waals surface area contributed by atoms with E-state index in [4.69, 9.17) is 9.72 Å². The first-order chi connectivity index (χ1) is 19.9. The number of alkyl carbamates (subject to hydrolysis) is 1. The highest BCUT2D eigenvalue weighted by atomic mass is 19.1. The van der Waals surface area contributed by atoms with Crippen LogP contribution in [0.1, 0.15) is 46.4 Å². The summed E-state index contributed by atoms with van der Waals surface area (Å²) in [6, 6.07) is 10.7. The number of amides is 3. The van der Waals surface area contributed by atoms with Gasteiger partial charge in [-0.2, -0.15) is 0 Å². The van der Waals surface area contributed by atoms with Gasteiger partial charge in [0.25, 0.3) is 0 Å². The molecule has 12 heteroatoms. The smallest absolute Gasteiger partial charge is 0.408 e. The maximum Gasteiger partial charge on any atom is 0.408 e. The van der Waals surface area contributed by atoms with Crippen LogP contribution in [0.2, 0.25) is 0 Å². The van der Waals surface area contributed by atoms with Crippen LogP contribution < -0.4 is 16.0 Å². The lowest BCUT2D eigenvalue weighted by molar-refractivity contribution is -0.137. The molecular weight excluding hydrogens is 546 g/mol. The Morgan fingerprint density at radius 1 is 1.05 bits per heavy atom. The van der Waals surface area contributed by atoms with Crippen LogP contribution in [0, 0.1) is 11.6 Å². The third-order valence-electron chi connectivity index (χ3n) is 6.44. The van der Waals surface area contributed by atoms with Gasteiger partial charge in [-0.25, -0.2) is 18.6 Å². The lowest BCUT2D eigenvalue weighted by Gasteiger charge is -2.32. The number of hydrogen-bond donors (Lipinski definition) is 3. The average molecular weight is 583 g/mol. The topological polar surface area (TPSA) is 118 Å². The standard InChI is InChI=1S/C30H36F2N6O4/c1-5-13-33-25(39)17-23(35-29(41)42-30(2,3)4)28(40)37-14-15-38-24(18-37)36-26(19-7-6-8-21(32)16-19)27(38)34-22-11-9-20(31)10-12-22/h6-12,16,23,34H,5,13-15,17-18H2,1-4H3,(H,33,39)(H,35,41)/t23-/m0/s1. The Morgan fingerprint density at radius 2 is 1.79 bits per heavy atom. The van der Waals surface area contributed by atoms with Crippen LogP contribution in [-0.4, -0.2) is 57.1 Å². The summed E-state index contributed by atoms with van der Waals surface area (Å²) in [6.07, 6.45) is -0.336. The zero-order valence-electron chi connectivity index (χ0n) is 24.2. The monoisotopic (exact) mass is 582 g/mol. The van der Waals surface area contributed by atoms with E-state index in [9.17, 15) is 23.2 Å². The van der Waals surface area contributed by atoms with Gasteiger partial charge in [0.15, 0.2) is 0 Å². The highest BCUT2D eigenvalue weighted by Crippen LogP contribution is 2.33. The summed E-state index contributed by atoms with van der Waals surface area (Å²) in [5, 5.41) is 8.57. The van der Waals surface area contributed by atoms with Crippen LogP contribution in [0.15, 0.2) is 48.5 Å². The van der Waals surface area contributed by atoms with Crippen molar-refractivity contribution in [1.82, 2.24) is 25.1 Å². The van der Waals surface area contributed by atoms with E-state index in [1.165, 1.54) is 29.2 Å². The van der Waals surface area contributed by atoms with Gasteiger partial charge in [0, 0.05) is 30.9 Å². The zero-order chi connectivity index (χ0) is 30.4. The number of carbonyl (C=O) groups is 3. The number of imidazole rings is 1. The second-order valence-corrected chi connectivity index (χ2v) is 11.0. The summed E-state index contributed by atoms with van der Waals surface area (Å²) in [5.74, 6) is -0.554.